The number of aliphatic hydroxyl groups excluding tert-OH is 1. The molecule has 27 heavy (non-hydrogen) atoms. The first kappa shape index (κ1) is 19.7. The van der Waals surface area contributed by atoms with E-state index < -0.39 is 23.9 Å². The van der Waals surface area contributed by atoms with Gasteiger partial charge in [-0.2, -0.15) is 0 Å². The van der Waals surface area contributed by atoms with Gasteiger partial charge in [-0.3, -0.25) is 0 Å². The molecule has 2 aromatic rings. The van der Waals surface area contributed by atoms with Gasteiger partial charge in [0.05, 0.1) is 26.4 Å². The normalized spacial score (nSPS) is 26.0. The molecule has 2 N–H and O–H groups in total. The molecule has 1 saturated heterocycles. The molecule has 5 nitrogen and oxygen atoms in total. The molecule has 1 aliphatic rings. The predicted molar refractivity (Wildman–Crippen MR) is 102 cm³/mol. The Morgan fingerprint density at radius 1 is 1.07 bits per heavy atom. The molecule has 0 bridgehead atoms. The summed E-state index contributed by atoms with van der Waals surface area (Å²) < 4.78 is 17.4. The minimum absolute atomic E-state index is 0.0246. The molecule has 2 aromatic carbocycles. The molecule has 144 valence electrons. The van der Waals surface area contributed by atoms with Crippen molar-refractivity contribution in [1.82, 2.24) is 0 Å². The lowest BCUT2D eigenvalue weighted by molar-refractivity contribution is -0.138. The molecular formula is C22H26O5. The maximum Gasteiger partial charge on any atom is 0.140 e. The van der Waals surface area contributed by atoms with E-state index in [0.717, 1.165) is 11.1 Å². The van der Waals surface area contributed by atoms with Crippen molar-refractivity contribution < 1.29 is 24.4 Å². The van der Waals surface area contributed by atoms with Crippen molar-refractivity contribution in [2.24, 2.45) is 0 Å². The molecule has 0 unspecified atom stereocenters. The van der Waals surface area contributed by atoms with E-state index in [0.29, 0.717) is 13.2 Å². The first-order chi connectivity index (χ1) is 13.1. The lowest BCUT2D eigenvalue weighted by Gasteiger charge is -2.31. The molecule has 1 fully saturated rings. The number of rotatable bonds is 9. The highest BCUT2D eigenvalue weighted by Gasteiger charge is 2.51. The number of benzene rings is 2. The summed E-state index contributed by atoms with van der Waals surface area (Å²) in [5.74, 6) is 0. The van der Waals surface area contributed by atoms with Gasteiger partial charge in [-0.05, 0) is 11.1 Å². The Hall–Kier alpha value is -2.02. The Bertz CT molecular complexity index is 705. The molecule has 0 spiro atoms. The molecule has 1 heterocycles. The quantitative estimate of drug-likeness (QED) is 0.664. The topological polar surface area (TPSA) is 68.2 Å². The van der Waals surface area contributed by atoms with Crippen molar-refractivity contribution in [3.05, 3.63) is 84.4 Å². The minimum Gasteiger partial charge on any atom is -0.386 e. The van der Waals surface area contributed by atoms with Crippen molar-refractivity contribution in [3.8, 4) is 0 Å². The first-order valence-electron chi connectivity index (χ1n) is 9.04. The second-order valence-corrected chi connectivity index (χ2v) is 6.80. The van der Waals surface area contributed by atoms with Crippen LogP contribution in [0.2, 0.25) is 0 Å². The van der Waals surface area contributed by atoms with Gasteiger partial charge in [0.25, 0.3) is 0 Å². The lowest BCUT2D eigenvalue weighted by atomic mass is 9.94. The highest BCUT2D eigenvalue weighted by Crippen LogP contribution is 2.31. The van der Waals surface area contributed by atoms with E-state index in [4.69, 9.17) is 14.2 Å². The smallest absolute Gasteiger partial charge is 0.140 e. The lowest BCUT2D eigenvalue weighted by Crippen LogP contribution is -2.51. The second-order valence-electron chi connectivity index (χ2n) is 6.80. The third-order valence-corrected chi connectivity index (χ3v) is 4.67. The van der Waals surface area contributed by atoms with Crippen molar-refractivity contribution in [2.75, 3.05) is 13.2 Å². The zero-order chi connectivity index (χ0) is 19.1. The van der Waals surface area contributed by atoms with E-state index in [1.807, 2.05) is 60.7 Å². The van der Waals surface area contributed by atoms with Crippen LogP contribution in [0.15, 0.2) is 73.3 Å². The largest absolute Gasteiger partial charge is 0.386 e. The molecule has 0 aliphatic carbocycles. The average Bonchev–Trinajstić information content (AvgIpc) is 3.04. The molecule has 0 amide bonds. The highest BCUT2D eigenvalue weighted by molar-refractivity contribution is 5.15. The zero-order valence-corrected chi connectivity index (χ0v) is 15.2. The number of aliphatic hydroxyl groups is 2. The molecule has 0 radical (unpaired) electrons. The fourth-order valence-corrected chi connectivity index (χ4v) is 3.18. The van der Waals surface area contributed by atoms with Crippen LogP contribution in [0.25, 0.3) is 0 Å². The number of hydrogen-bond acceptors (Lipinski definition) is 5. The van der Waals surface area contributed by atoms with Crippen LogP contribution >= 0.6 is 0 Å². The maximum absolute atomic E-state index is 11.1. The molecule has 0 aromatic heterocycles. The summed E-state index contributed by atoms with van der Waals surface area (Å²) in [7, 11) is 0. The van der Waals surface area contributed by atoms with Gasteiger partial charge in [0, 0.05) is 0 Å². The average molecular weight is 370 g/mol. The predicted octanol–water partition coefficient (Wildman–Crippen LogP) is 2.47. The van der Waals surface area contributed by atoms with Crippen molar-refractivity contribution in [3.63, 3.8) is 0 Å². The number of ether oxygens (including phenoxy) is 3. The van der Waals surface area contributed by atoms with Crippen LogP contribution in [0.4, 0.5) is 0 Å². The van der Waals surface area contributed by atoms with Crippen molar-refractivity contribution in [2.45, 2.75) is 37.1 Å². The molecule has 0 saturated carbocycles. The fraction of sp³-hybridized carbons (Fsp3) is 0.364. The Kier molecular flexibility index (Phi) is 6.77. The zero-order valence-electron chi connectivity index (χ0n) is 15.2. The van der Waals surface area contributed by atoms with Crippen LogP contribution in [-0.4, -0.2) is 47.3 Å². The Morgan fingerprint density at radius 2 is 1.67 bits per heavy atom. The molecule has 4 atom stereocenters. The van der Waals surface area contributed by atoms with Crippen LogP contribution in [-0.2, 0) is 27.4 Å². The van der Waals surface area contributed by atoms with Crippen molar-refractivity contribution in [1.29, 1.82) is 0 Å². The monoisotopic (exact) mass is 370 g/mol. The van der Waals surface area contributed by atoms with Gasteiger partial charge in [-0.25, -0.2) is 0 Å². The standard InChI is InChI=1S/C22H26O5/c1-2-19(23)20-21(26-14-18-11-7-4-8-12-18)22(24,16-27-20)15-25-13-17-9-5-3-6-10-17/h2-12,19-21,23-24H,1,13-16H2/t19-,20+,21+,22+/m1/s1. The van der Waals surface area contributed by atoms with E-state index in [1.54, 1.807) is 0 Å². The van der Waals surface area contributed by atoms with Gasteiger partial charge >= 0.3 is 0 Å². The van der Waals surface area contributed by atoms with Gasteiger partial charge in [0.15, 0.2) is 0 Å². The molecule has 3 rings (SSSR count). The molecular weight excluding hydrogens is 344 g/mol. The van der Waals surface area contributed by atoms with Crippen LogP contribution in [0.3, 0.4) is 0 Å². The van der Waals surface area contributed by atoms with E-state index in [9.17, 15) is 10.2 Å². The third kappa shape index (κ3) is 5.03. The fourth-order valence-electron chi connectivity index (χ4n) is 3.18. The SMILES string of the molecule is C=C[C@@H](O)[C@@H]1OC[C@@](O)(COCc2ccccc2)[C@H]1OCc1ccccc1. The van der Waals surface area contributed by atoms with Crippen molar-refractivity contribution >= 4 is 0 Å². The van der Waals surface area contributed by atoms with Gasteiger partial charge < -0.3 is 24.4 Å². The Balaban J connectivity index is 1.65. The summed E-state index contributed by atoms with van der Waals surface area (Å²) >= 11 is 0. The van der Waals surface area contributed by atoms with Gasteiger partial charge in [0.2, 0.25) is 0 Å². The summed E-state index contributed by atoms with van der Waals surface area (Å²) in [4.78, 5) is 0. The van der Waals surface area contributed by atoms with Crippen LogP contribution < -0.4 is 0 Å². The minimum atomic E-state index is -1.35. The highest BCUT2D eigenvalue weighted by atomic mass is 16.6. The molecule has 1 aliphatic heterocycles. The first-order valence-corrected chi connectivity index (χ1v) is 9.04. The number of hydrogen-bond donors (Lipinski definition) is 2. The van der Waals surface area contributed by atoms with Crippen LogP contribution in [0.1, 0.15) is 11.1 Å². The van der Waals surface area contributed by atoms with Crippen LogP contribution in [0, 0.1) is 0 Å². The Morgan fingerprint density at radius 3 is 2.26 bits per heavy atom. The maximum atomic E-state index is 11.1. The summed E-state index contributed by atoms with van der Waals surface area (Å²) in [5, 5.41) is 21.3. The summed E-state index contributed by atoms with van der Waals surface area (Å²) in [6.45, 7) is 4.36. The van der Waals surface area contributed by atoms with E-state index >= 15 is 0 Å². The van der Waals surface area contributed by atoms with Gasteiger partial charge in [-0.1, -0.05) is 66.7 Å². The second kappa shape index (κ2) is 9.26. The van der Waals surface area contributed by atoms with Gasteiger partial charge in [0.1, 0.15) is 23.9 Å². The van der Waals surface area contributed by atoms with Gasteiger partial charge in [-0.15, -0.1) is 6.58 Å². The summed E-state index contributed by atoms with van der Waals surface area (Å²) in [5.41, 5.74) is 0.645. The summed E-state index contributed by atoms with van der Waals surface area (Å²) in [6, 6.07) is 19.4. The van der Waals surface area contributed by atoms with Crippen LogP contribution in [0.5, 0.6) is 0 Å². The van der Waals surface area contributed by atoms with E-state index in [-0.39, 0.29) is 13.2 Å². The van der Waals surface area contributed by atoms with E-state index in [2.05, 4.69) is 6.58 Å². The molecule has 5 heteroatoms. The Labute approximate surface area is 159 Å². The summed E-state index contributed by atoms with van der Waals surface area (Å²) in [6.07, 6.45) is -0.980. The third-order valence-electron chi connectivity index (χ3n) is 4.67. The van der Waals surface area contributed by atoms with E-state index in [1.165, 1.54) is 6.08 Å².